The number of nitrogens with one attached hydrogen (secondary N) is 1. The van der Waals surface area contributed by atoms with E-state index in [9.17, 15) is 8.42 Å². The molecule has 1 N–H and O–H groups in total. The van der Waals surface area contributed by atoms with Gasteiger partial charge in [0.15, 0.2) is 9.84 Å². The molecule has 0 aromatic heterocycles. The molecule has 1 aliphatic rings. The molecule has 6 heteroatoms. The molecule has 1 saturated heterocycles. The molecule has 18 heavy (non-hydrogen) atoms. The molecule has 1 aromatic carbocycles. The molecule has 100 valence electrons. The van der Waals surface area contributed by atoms with Gasteiger partial charge >= 0.3 is 0 Å². The summed E-state index contributed by atoms with van der Waals surface area (Å²) in [5.41, 5.74) is 0.895. The quantitative estimate of drug-likeness (QED) is 0.934. The van der Waals surface area contributed by atoms with E-state index in [0.717, 1.165) is 18.4 Å². The van der Waals surface area contributed by atoms with E-state index >= 15 is 0 Å². The van der Waals surface area contributed by atoms with Crippen molar-refractivity contribution in [2.45, 2.75) is 25.4 Å². The lowest BCUT2D eigenvalue weighted by Crippen LogP contribution is -2.39. The number of sulfone groups is 1. The lowest BCUT2D eigenvalue weighted by molar-refractivity contribution is 0.480. The first kappa shape index (κ1) is 14.1. The van der Waals surface area contributed by atoms with Gasteiger partial charge in [-0.3, -0.25) is 0 Å². The molecule has 1 atom stereocenters. The van der Waals surface area contributed by atoms with Crippen LogP contribution in [0, 0.1) is 0 Å². The van der Waals surface area contributed by atoms with E-state index in [-0.39, 0.29) is 11.8 Å². The van der Waals surface area contributed by atoms with Gasteiger partial charge in [-0.1, -0.05) is 23.2 Å². The van der Waals surface area contributed by atoms with Gasteiger partial charge in [-0.05, 0) is 36.6 Å². The summed E-state index contributed by atoms with van der Waals surface area (Å²) < 4.78 is 23.0. The van der Waals surface area contributed by atoms with Crippen LogP contribution < -0.4 is 5.32 Å². The molecule has 0 spiro atoms. The Morgan fingerprint density at radius 1 is 1.33 bits per heavy atom. The highest BCUT2D eigenvalue weighted by molar-refractivity contribution is 7.91. The Labute approximate surface area is 117 Å². The Bertz CT molecular complexity index is 531. The molecule has 2 rings (SSSR count). The van der Waals surface area contributed by atoms with Gasteiger partial charge in [0.25, 0.3) is 0 Å². The van der Waals surface area contributed by atoms with Crippen molar-refractivity contribution in [3.8, 4) is 0 Å². The third kappa shape index (κ3) is 3.85. The molecular formula is C12H15Cl2NO2S. The molecule has 0 aliphatic carbocycles. The average molecular weight is 308 g/mol. The van der Waals surface area contributed by atoms with E-state index in [2.05, 4.69) is 5.32 Å². The number of rotatable bonds is 3. The summed E-state index contributed by atoms with van der Waals surface area (Å²) in [4.78, 5) is 0. The second-order valence-corrected chi connectivity index (χ2v) is 7.64. The Morgan fingerprint density at radius 3 is 2.83 bits per heavy atom. The van der Waals surface area contributed by atoms with Crippen LogP contribution in [-0.2, 0) is 16.4 Å². The smallest absolute Gasteiger partial charge is 0.151 e. The molecule has 1 heterocycles. The predicted octanol–water partition coefficient (Wildman–Crippen LogP) is 2.66. The van der Waals surface area contributed by atoms with Crippen LogP contribution in [0.1, 0.15) is 18.4 Å². The van der Waals surface area contributed by atoms with Crippen molar-refractivity contribution in [3.05, 3.63) is 33.8 Å². The second kappa shape index (κ2) is 5.78. The Hall–Kier alpha value is -0.290. The van der Waals surface area contributed by atoms with Crippen molar-refractivity contribution in [2.24, 2.45) is 0 Å². The minimum Gasteiger partial charge on any atom is -0.309 e. The van der Waals surface area contributed by atoms with E-state index in [4.69, 9.17) is 23.2 Å². The number of benzene rings is 1. The zero-order chi connectivity index (χ0) is 13.2. The predicted molar refractivity (Wildman–Crippen MR) is 75.0 cm³/mol. The fraction of sp³-hybridized carbons (Fsp3) is 0.500. The summed E-state index contributed by atoms with van der Waals surface area (Å²) in [7, 11) is -2.88. The highest BCUT2D eigenvalue weighted by Gasteiger charge is 2.24. The monoisotopic (exact) mass is 307 g/mol. The lowest BCUT2D eigenvalue weighted by Gasteiger charge is -2.23. The van der Waals surface area contributed by atoms with Gasteiger partial charge in [0.2, 0.25) is 0 Å². The van der Waals surface area contributed by atoms with Gasteiger partial charge in [0, 0.05) is 22.6 Å². The summed E-state index contributed by atoms with van der Waals surface area (Å²) in [5.74, 6) is 0.522. The molecule has 0 saturated carbocycles. The highest BCUT2D eigenvalue weighted by atomic mass is 35.5. The molecule has 0 amide bonds. The third-order valence-corrected chi connectivity index (χ3v) is 5.48. The Morgan fingerprint density at radius 2 is 2.11 bits per heavy atom. The SMILES string of the molecule is O=S1(=O)CCCC(NCc2cc(Cl)ccc2Cl)C1. The minimum atomic E-state index is -2.88. The average Bonchev–Trinajstić information content (AvgIpc) is 2.29. The number of hydrogen-bond donors (Lipinski definition) is 1. The fourth-order valence-corrected chi connectivity index (χ4v) is 4.17. The molecule has 0 radical (unpaired) electrons. The van der Waals surface area contributed by atoms with Crippen molar-refractivity contribution in [3.63, 3.8) is 0 Å². The van der Waals surface area contributed by atoms with Gasteiger partial charge < -0.3 is 5.32 Å². The standard InChI is InChI=1S/C12H15Cl2NO2S/c13-10-3-4-12(14)9(6-10)7-15-11-2-1-5-18(16,17)8-11/h3-4,6,11,15H,1-2,5,7-8H2. The van der Waals surface area contributed by atoms with Gasteiger partial charge in [-0.15, -0.1) is 0 Å². The van der Waals surface area contributed by atoms with E-state index in [0.29, 0.717) is 22.3 Å². The van der Waals surface area contributed by atoms with Crippen molar-refractivity contribution >= 4 is 33.0 Å². The molecular weight excluding hydrogens is 293 g/mol. The largest absolute Gasteiger partial charge is 0.309 e. The van der Waals surface area contributed by atoms with Crippen LogP contribution in [0.15, 0.2) is 18.2 Å². The highest BCUT2D eigenvalue weighted by Crippen LogP contribution is 2.21. The van der Waals surface area contributed by atoms with Crippen LogP contribution >= 0.6 is 23.2 Å². The first-order valence-corrected chi connectivity index (χ1v) is 8.42. The lowest BCUT2D eigenvalue weighted by atomic mass is 10.1. The van der Waals surface area contributed by atoms with Crippen molar-refractivity contribution in [2.75, 3.05) is 11.5 Å². The zero-order valence-corrected chi connectivity index (χ0v) is 12.2. The Kier molecular flexibility index (Phi) is 4.54. The maximum absolute atomic E-state index is 11.5. The first-order valence-electron chi connectivity index (χ1n) is 5.84. The van der Waals surface area contributed by atoms with Crippen LogP contribution in [0.3, 0.4) is 0 Å². The molecule has 1 aromatic rings. The van der Waals surface area contributed by atoms with Crippen LogP contribution in [0.25, 0.3) is 0 Å². The number of halogens is 2. The molecule has 1 aliphatic heterocycles. The Balaban J connectivity index is 1.97. The van der Waals surface area contributed by atoms with Gasteiger partial charge in [-0.2, -0.15) is 0 Å². The summed E-state index contributed by atoms with van der Waals surface area (Å²) in [6.07, 6.45) is 1.61. The summed E-state index contributed by atoms with van der Waals surface area (Å²) in [6.45, 7) is 0.541. The van der Waals surface area contributed by atoms with Gasteiger partial charge in [0.1, 0.15) is 0 Å². The maximum Gasteiger partial charge on any atom is 0.151 e. The van der Waals surface area contributed by atoms with Crippen LogP contribution in [0.4, 0.5) is 0 Å². The summed E-state index contributed by atoms with van der Waals surface area (Å²) in [5, 5.41) is 4.52. The van der Waals surface area contributed by atoms with E-state index in [1.165, 1.54) is 0 Å². The summed E-state index contributed by atoms with van der Waals surface area (Å²) in [6, 6.07) is 5.30. The zero-order valence-electron chi connectivity index (χ0n) is 9.83. The van der Waals surface area contributed by atoms with E-state index in [1.807, 2.05) is 0 Å². The molecule has 1 fully saturated rings. The third-order valence-electron chi connectivity index (χ3n) is 3.05. The normalized spacial score (nSPS) is 22.9. The molecule has 3 nitrogen and oxygen atoms in total. The number of hydrogen-bond acceptors (Lipinski definition) is 3. The van der Waals surface area contributed by atoms with E-state index in [1.54, 1.807) is 18.2 Å². The van der Waals surface area contributed by atoms with Crippen molar-refractivity contribution < 1.29 is 8.42 Å². The first-order chi connectivity index (χ1) is 8.46. The van der Waals surface area contributed by atoms with Crippen molar-refractivity contribution in [1.29, 1.82) is 0 Å². The van der Waals surface area contributed by atoms with E-state index < -0.39 is 9.84 Å². The molecule has 1 unspecified atom stereocenters. The van der Waals surface area contributed by atoms with Gasteiger partial charge in [-0.25, -0.2) is 8.42 Å². The van der Waals surface area contributed by atoms with Gasteiger partial charge in [0.05, 0.1) is 11.5 Å². The topological polar surface area (TPSA) is 46.2 Å². The second-order valence-electron chi connectivity index (χ2n) is 4.57. The minimum absolute atomic E-state index is 0.0128. The van der Waals surface area contributed by atoms with Crippen LogP contribution in [-0.4, -0.2) is 26.0 Å². The summed E-state index contributed by atoms with van der Waals surface area (Å²) >= 11 is 12.0. The van der Waals surface area contributed by atoms with Crippen LogP contribution in [0.2, 0.25) is 10.0 Å². The molecule has 0 bridgehead atoms. The fourth-order valence-electron chi connectivity index (χ4n) is 2.12. The van der Waals surface area contributed by atoms with Crippen molar-refractivity contribution in [1.82, 2.24) is 5.32 Å². The maximum atomic E-state index is 11.5. The van der Waals surface area contributed by atoms with Crippen LogP contribution in [0.5, 0.6) is 0 Å².